The van der Waals surface area contributed by atoms with Gasteiger partial charge in [0, 0.05) is 5.92 Å². The molecule has 11 heteroatoms. The van der Waals surface area contributed by atoms with Gasteiger partial charge in [-0.15, -0.1) is 0 Å². The number of carbonyl (C=O) groups is 1. The molecule has 0 fully saturated rings. The summed E-state index contributed by atoms with van der Waals surface area (Å²) in [6.45, 7) is -0.892. The van der Waals surface area contributed by atoms with Crippen molar-refractivity contribution in [2.24, 2.45) is 5.92 Å². The predicted octanol–water partition coefficient (Wildman–Crippen LogP) is 0.0785. The summed E-state index contributed by atoms with van der Waals surface area (Å²) in [5.74, 6) is -0.616. The molecule has 0 aromatic carbocycles. The van der Waals surface area contributed by atoms with Gasteiger partial charge in [-0.05, 0) is 0 Å². The van der Waals surface area contributed by atoms with Crippen molar-refractivity contribution in [3.8, 4) is 0 Å². The van der Waals surface area contributed by atoms with Gasteiger partial charge >= 0.3 is 55.5 Å². The second-order valence-corrected chi connectivity index (χ2v) is 16.1. The molecule has 1 amide bonds. The molecule has 22 heavy (non-hydrogen) atoms. The van der Waals surface area contributed by atoms with E-state index in [1.165, 1.54) is 14.1 Å². The number of halogens is 2. The minimum absolute atomic E-state index is 0. The molecule has 0 radical (unpaired) electrons. The zero-order valence-corrected chi connectivity index (χ0v) is 17.6. The van der Waals surface area contributed by atoms with Gasteiger partial charge < -0.3 is 30.6 Å². The van der Waals surface area contributed by atoms with Crippen molar-refractivity contribution >= 4 is 46.1 Å². The summed E-state index contributed by atoms with van der Waals surface area (Å²) in [4.78, 5) is 10.3. The molecule has 0 aliphatic heterocycles. The van der Waals surface area contributed by atoms with Gasteiger partial charge in [-0.25, -0.2) is 4.48 Å². The van der Waals surface area contributed by atoms with Crippen LogP contribution in [0.4, 0.5) is 4.79 Å². The number of carboxylic acid groups (broad SMARTS) is 1. The Morgan fingerprint density at radius 3 is 1.55 bits per heavy atom. The van der Waals surface area contributed by atoms with Crippen molar-refractivity contribution in [3.63, 3.8) is 0 Å². The number of hydrogen-bond acceptors (Lipinski definition) is 6. The van der Waals surface area contributed by atoms with Crippen LogP contribution in [0.3, 0.4) is 0 Å². The Kier molecular flexibility index (Phi) is 28.7. The summed E-state index contributed by atoms with van der Waals surface area (Å²) < 4.78 is -0.184. The number of rotatable bonds is 6. The fraction of sp³-hybridized carbons (Fsp3) is 0.909. The molecule has 0 rings (SSSR count). The zero-order chi connectivity index (χ0) is 17.5. The van der Waals surface area contributed by atoms with Crippen LogP contribution in [0.5, 0.6) is 0 Å². The number of likely N-dealkylation sites (N-methyl/N-ethyl adjacent to an activating group) is 1. The quantitative estimate of drug-likeness (QED) is 0.190. The maximum atomic E-state index is 10.3. The van der Waals surface area contributed by atoms with Gasteiger partial charge in [0.2, 0.25) is 0 Å². The van der Waals surface area contributed by atoms with Gasteiger partial charge in [0.05, 0.1) is 46.6 Å². The van der Waals surface area contributed by atoms with E-state index >= 15 is 0 Å². The first-order chi connectivity index (χ1) is 9.67. The van der Waals surface area contributed by atoms with Gasteiger partial charge in [-0.2, -0.15) is 4.79 Å². The number of aliphatic hydroxyl groups excluding tert-OH is 5. The molecule has 0 aromatic rings. The van der Waals surface area contributed by atoms with Gasteiger partial charge in [0.1, 0.15) is 6.54 Å². The number of quaternary nitrogens is 1. The van der Waals surface area contributed by atoms with Gasteiger partial charge in [0.15, 0.2) is 0 Å². The number of hydrogen-bond donors (Lipinski definition) is 6. The van der Waals surface area contributed by atoms with E-state index in [0.29, 0.717) is 9.47 Å². The summed E-state index contributed by atoms with van der Waals surface area (Å²) in [7, 11) is 3.68. The molecule has 0 spiro atoms. The second kappa shape index (κ2) is 20.3. The summed E-state index contributed by atoms with van der Waals surface area (Å²) in [6.07, 6.45) is -1.94. The van der Waals surface area contributed by atoms with Crippen LogP contribution < -0.4 is 0 Å². The van der Waals surface area contributed by atoms with Crippen molar-refractivity contribution in [2.75, 3.05) is 47.1 Å². The molecule has 0 heterocycles. The molecular weight excluding hydrogens is 563 g/mol. The van der Waals surface area contributed by atoms with Crippen LogP contribution >= 0.6 is 40.0 Å². The molecule has 8 nitrogen and oxygen atoms in total. The summed E-state index contributed by atoms with van der Waals surface area (Å²) in [5.41, 5.74) is 0. The fourth-order valence-corrected chi connectivity index (χ4v) is 0.796. The molecule has 0 aromatic heterocycles. The van der Waals surface area contributed by atoms with Crippen LogP contribution in [0.1, 0.15) is 7.43 Å². The van der Waals surface area contributed by atoms with E-state index in [1.807, 2.05) is 0 Å². The van der Waals surface area contributed by atoms with Gasteiger partial charge in [-0.3, -0.25) is 0 Å². The number of nitrogens with zero attached hydrogens (tertiary/aromatic N) is 1. The normalized spacial score (nSPS) is 11.2. The van der Waals surface area contributed by atoms with Crippen molar-refractivity contribution in [2.45, 2.75) is 13.5 Å². The van der Waals surface area contributed by atoms with E-state index in [2.05, 4.69) is 40.0 Å². The first-order valence-corrected chi connectivity index (χ1v) is 14.8. The van der Waals surface area contributed by atoms with Crippen molar-refractivity contribution in [1.82, 2.24) is 0 Å². The van der Waals surface area contributed by atoms with Crippen molar-refractivity contribution in [1.29, 1.82) is 0 Å². The molecule has 6 N–H and O–H groups in total. The number of amides is 1. The summed E-state index contributed by atoms with van der Waals surface area (Å²) in [6, 6.07) is 0. The topological polar surface area (TPSA) is 138 Å². The van der Waals surface area contributed by atoms with E-state index < -0.39 is 24.7 Å². The molecular formula is C11H28I2NO7V+. The fourth-order valence-electron chi connectivity index (χ4n) is 0.796. The third-order valence-corrected chi connectivity index (χ3v) is 2.38. The SMILES string of the molecule is C.C[N+](C)(CCO)C(=O)O.OCC(O)C(CO)CO.[I][V][I]. The molecule has 0 aliphatic rings. The van der Waals surface area contributed by atoms with Crippen LogP contribution in [0, 0.1) is 5.92 Å². The Hall–Kier alpha value is 1.27. The molecule has 1 atom stereocenters. The monoisotopic (exact) mass is 591 g/mol. The molecule has 0 saturated heterocycles. The average molecular weight is 591 g/mol. The van der Waals surface area contributed by atoms with Crippen LogP contribution in [-0.2, 0) is 9.47 Å². The molecule has 0 aliphatic carbocycles. The number of aliphatic hydroxyl groups is 5. The Balaban J connectivity index is -0.000000120. The Morgan fingerprint density at radius 2 is 1.45 bits per heavy atom. The van der Waals surface area contributed by atoms with Crippen molar-refractivity contribution < 1.29 is 49.4 Å². The third-order valence-electron chi connectivity index (χ3n) is 2.38. The molecule has 0 saturated carbocycles. The van der Waals surface area contributed by atoms with E-state index in [4.69, 9.17) is 30.6 Å². The second-order valence-electron chi connectivity index (χ2n) is 4.35. The minimum atomic E-state index is -1.01. The summed E-state index contributed by atoms with van der Waals surface area (Å²) in [5, 5.41) is 50.6. The Morgan fingerprint density at radius 1 is 1.09 bits per heavy atom. The van der Waals surface area contributed by atoms with E-state index in [-0.39, 0.29) is 38.3 Å². The van der Waals surface area contributed by atoms with E-state index in [1.54, 1.807) is 0 Å². The predicted molar refractivity (Wildman–Crippen MR) is 97.6 cm³/mol. The average Bonchev–Trinajstić information content (AvgIpc) is 2.41. The Labute approximate surface area is 161 Å². The zero-order valence-electron chi connectivity index (χ0n) is 11.9. The first-order valence-electron chi connectivity index (χ1n) is 5.78. The first kappa shape index (κ1) is 31.1. The third kappa shape index (κ3) is 19.3. The summed E-state index contributed by atoms with van der Waals surface area (Å²) >= 11 is 4.74. The van der Waals surface area contributed by atoms with Crippen LogP contribution in [0.15, 0.2) is 0 Å². The Bertz CT molecular complexity index is 246. The van der Waals surface area contributed by atoms with E-state index in [0.717, 1.165) is 0 Å². The maximum absolute atomic E-state index is 10.3. The molecule has 137 valence electrons. The van der Waals surface area contributed by atoms with Crippen molar-refractivity contribution in [3.05, 3.63) is 0 Å². The molecule has 0 bridgehead atoms. The van der Waals surface area contributed by atoms with Gasteiger partial charge in [-0.1, -0.05) is 7.43 Å². The van der Waals surface area contributed by atoms with Gasteiger partial charge in [0.25, 0.3) is 0 Å². The van der Waals surface area contributed by atoms with E-state index in [9.17, 15) is 4.79 Å². The van der Waals surface area contributed by atoms with Crippen LogP contribution in [0.2, 0.25) is 0 Å². The van der Waals surface area contributed by atoms with Crippen LogP contribution in [0.25, 0.3) is 0 Å². The van der Waals surface area contributed by atoms with Crippen LogP contribution in [-0.4, -0.2) is 94.4 Å². The molecule has 1 unspecified atom stereocenters. The standard InChI is InChI=1S/C5H11NO3.C5H12O4.CH4.2HI.V/c1-6(2,3-4-7)5(8)9;6-1-4(2-7)5(9)3-8;;;;/h7H,3-4H2,1-2H3;4-9H,1-3H2;1H4;2*1H;/q;;;;;+2/p-1.